The monoisotopic (exact) mass is 381 g/mol. The lowest BCUT2D eigenvalue weighted by Crippen LogP contribution is -2.02. The van der Waals surface area contributed by atoms with Gasteiger partial charge in [-0.3, -0.25) is 0 Å². The zero-order chi connectivity index (χ0) is 20.1. The number of aryl methyl sites for hydroxylation is 4. The van der Waals surface area contributed by atoms with Crippen LogP contribution < -0.4 is 5.32 Å². The number of hydrogen-bond donors (Lipinski definition) is 1. The molecule has 5 aromatic rings. The number of hydrogen-bond acceptors (Lipinski definition) is 3. The van der Waals surface area contributed by atoms with Crippen LogP contribution in [0.2, 0.25) is 0 Å². The highest BCUT2D eigenvalue weighted by atomic mass is 15.3. The van der Waals surface area contributed by atoms with Crippen LogP contribution in [0.25, 0.3) is 27.9 Å². The molecular formula is C24H23N5. The number of benzene rings is 2. The van der Waals surface area contributed by atoms with Crippen molar-refractivity contribution in [1.82, 2.24) is 19.2 Å². The van der Waals surface area contributed by atoms with Gasteiger partial charge >= 0.3 is 0 Å². The highest BCUT2D eigenvalue weighted by Crippen LogP contribution is 2.28. The number of fused-ring (bicyclic) bond motifs is 2. The second-order valence-electron chi connectivity index (χ2n) is 7.71. The summed E-state index contributed by atoms with van der Waals surface area (Å²) >= 11 is 0. The van der Waals surface area contributed by atoms with Crippen LogP contribution in [0, 0.1) is 20.8 Å². The number of nitrogens with zero attached hydrogens (tertiary/aromatic N) is 4. The Morgan fingerprint density at radius 1 is 0.828 bits per heavy atom. The van der Waals surface area contributed by atoms with Gasteiger partial charge in [-0.1, -0.05) is 17.7 Å². The van der Waals surface area contributed by atoms with Gasteiger partial charge in [0.1, 0.15) is 5.69 Å². The maximum absolute atomic E-state index is 4.82. The van der Waals surface area contributed by atoms with Gasteiger partial charge in [0.25, 0.3) is 0 Å². The van der Waals surface area contributed by atoms with E-state index in [-0.39, 0.29) is 0 Å². The molecule has 2 aromatic carbocycles. The van der Waals surface area contributed by atoms with E-state index in [2.05, 4.69) is 85.2 Å². The first-order chi connectivity index (χ1) is 14.0. The standard InChI is InChI=1S/C24H23N5/c1-15-5-8-20-18(11-15)13-21(28(20)4)22-14-25-24-10-9-23(27-29(22)24)26-19-7-6-16(2)17(3)12-19/h5-14H,1-4H3,(H,26,27). The Morgan fingerprint density at radius 2 is 1.69 bits per heavy atom. The molecule has 0 bridgehead atoms. The third-order valence-electron chi connectivity index (χ3n) is 5.60. The molecule has 0 aliphatic carbocycles. The Balaban J connectivity index is 1.60. The van der Waals surface area contributed by atoms with Crippen molar-refractivity contribution in [2.45, 2.75) is 20.8 Å². The predicted molar refractivity (Wildman–Crippen MR) is 119 cm³/mol. The number of rotatable bonds is 3. The van der Waals surface area contributed by atoms with E-state index < -0.39 is 0 Å². The molecule has 3 aromatic heterocycles. The van der Waals surface area contributed by atoms with Gasteiger partial charge < -0.3 is 9.88 Å². The maximum Gasteiger partial charge on any atom is 0.154 e. The van der Waals surface area contributed by atoms with Crippen molar-refractivity contribution in [3.8, 4) is 11.4 Å². The average Bonchev–Trinajstić information content (AvgIpc) is 3.25. The summed E-state index contributed by atoms with van der Waals surface area (Å²) in [5.41, 5.74) is 8.91. The molecule has 0 spiro atoms. The van der Waals surface area contributed by atoms with Crippen molar-refractivity contribution < 1.29 is 0 Å². The Kier molecular flexibility index (Phi) is 3.91. The topological polar surface area (TPSA) is 47.1 Å². The largest absolute Gasteiger partial charge is 0.342 e. The van der Waals surface area contributed by atoms with Gasteiger partial charge in [-0.25, -0.2) is 9.50 Å². The number of nitrogens with one attached hydrogen (secondary N) is 1. The van der Waals surface area contributed by atoms with Crippen LogP contribution in [0.5, 0.6) is 0 Å². The SMILES string of the molecule is Cc1ccc2c(c1)cc(-c1cnc3ccc(Nc4ccc(C)c(C)c4)nn13)n2C. The van der Waals surface area contributed by atoms with Crippen LogP contribution in [0.3, 0.4) is 0 Å². The zero-order valence-corrected chi connectivity index (χ0v) is 17.1. The lowest BCUT2D eigenvalue weighted by molar-refractivity contribution is 0.914. The normalized spacial score (nSPS) is 11.4. The van der Waals surface area contributed by atoms with Gasteiger partial charge in [-0.15, -0.1) is 5.10 Å². The molecule has 1 N–H and O–H groups in total. The van der Waals surface area contributed by atoms with Crippen LogP contribution in [0.1, 0.15) is 16.7 Å². The zero-order valence-electron chi connectivity index (χ0n) is 17.1. The molecule has 5 heteroatoms. The lowest BCUT2D eigenvalue weighted by Gasteiger charge is -2.09. The first-order valence-corrected chi connectivity index (χ1v) is 9.75. The first-order valence-electron chi connectivity index (χ1n) is 9.75. The lowest BCUT2D eigenvalue weighted by atomic mass is 10.1. The molecule has 0 fully saturated rings. The second kappa shape index (κ2) is 6.48. The molecule has 0 saturated carbocycles. The van der Waals surface area contributed by atoms with E-state index in [0.717, 1.165) is 28.5 Å². The minimum atomic E-state index is 0.787. The molecule has 0 unspecified atom stereocenters. The van der Waals surface area contributed by atoms with Crippen LogP contribution in [-0.2, 0) is 7.05 Å². The number of imidazole rings is 1. The Bertz CT molecular complexity index is 1370. The van der Waals surface area contributed by atoms with Gasteiger partial charge in [0.05, 0.1) is 11.9 Å². The van der Waals surface area contributed by atoms with E-state index in [1.807, 2.05) is 22.8 Å². The smallest absolute Gasteiger partial charge is 0.154 e. The summed E-state index contributed by atoms with van der Waals surface area (Å²) in [7, 11) is 2.09. The average molecular weight is 381 g/mol. The number of anilines is 2. The third-order valence-corrected chi connectivity index (χ3v) is 5.60. The van der Waals surface area contributed by atoms with E-state index in [1.165, 1.54) is 27.6 Å². The predicted octanol–water partition coefficient (Wildman–Crippen LogP) is 5.56. The number of aromatic nitrogens is 4. The fraction of sp³-hybridized carbons (Fsp3) is 0.167. The Morgan fingerprint density at radius 3 is 2.52 bits per heavy atom. The van der Waals surface area contributed by atoms with Gasteiger partial charge in [0.2, 0.25) is 0 Å². The summed E-state index contributed by atoms with van der Waals surface area (Å²) in [6.07, 6.45) is 1.89. The van der Waals surface area contributed by atoms with E-state index >= 15 is 0 Å². The minimum Gasteiger partial charge on any atom is -0.342 e. The molecule has 0 atom stereocenters. The summed E-state index contributed by atoms with van der Waals surface area (Å²) in [5, 5.41) is 9.46. The highest BCUT2D eigenvalue weighted by Gasteiger charge is 2.14. The summed E-state index contributed by atoms with van der Waals surface area (Å²) < 4.78 is 4.10. The fourth-order valence-corrected chi connectivity index (χ4v) is 3.80. The molecule has 0 saturated heterocycles. The summed E-state index contributed by atoms with van der Waals surface area (Å²) in [4.78, 5) is 4.56. The molecular weight excluding hydrogens is 358 g/mol. The van der Waals surface area contributed by atoms with Crippen molar-refractivity contribution in [3.63, 3.8) is 0 Å². The first kappa shape index (κ1) is 17.5. The second-order valence-corrected chi connectivity index (χ2v) is 7.71. The Hall–Kier alpha value is -3.60. The molecule has 144 valence electrons. The third kappa shape index (κ3) is 2.95. The molecule has 3 heterocycles. The molecule has 5 rings (SSSR count). The van der Waals surface area contributed by atoms with Crippen LogP contribution in [-0.4, -0.2) is 19.2 Å². The van der Waals surface area contributed by atoms with Crippen molar-refractivity contribution in [2.24, 2.45) is 7.05 Å². The van der Waals surface area contributed by atoms with Gasteiger partial charge in [-0.2, -0.15) is 0 Å². The van der Waals surface area contributed by atoms with Crippen molar-refractivity contribution >= 4 is 28.1 Å². The van der Waals surface area contributed by atoms with Crippen LogP contribution in [0.15, 0.2) is 60.8 Å². The van der Waals surface area contributed by atoms with Crippen LogP contribution in [0.4, 0.5) is 11.5 Å². The molecule has 0 aliphatic rings. The van der Waals surface area contributed by atoms with Crippen LogP contribution >= 0.6 is 0 Å². The fourth-order valence-electron chi connectivity index (χ4n) is 3.80. The van der Waals surface area contributed by atoms with Gasteiger partial charge in [0, 0.05) is 23.6 Å². The van der Waals surface area contributed by atoms with E-state index in [4.69, 9.17) is 5.10 Å². The molecule has 29 heavy (non-hydrogen) atoms. The minimum absolute atomic E-state index is 0.787. The maximum atomic E-state index is 4.82. The molecule has 0 amide bonds. The highest BCUT2D eigenvalue weighted by molar-refractivity contribution is 5.87. The van der Waals surface area contributed by atoms with E-state index in [9.17, 15) is 0 Å². The Labute approximate surface area is 169 Å². The summed E-state index contributed by atoms with van der Waals surface area (Å²) in [6, 6.07) is 19.0. The van der Waals surface area contributed by atoms with Gasteiger partial charge in [-0.05, 0) is 74.4 Å². The molecule has 0 aliphatic heterocycles. The van der Waals surface area contributed by atoms with E-state index in [1.54, 1.807) is 0 Å². The van der Waals surface area contributed by atoms with Crippen molar-refractivity contribution in [1.29, 1.82) is 0 Å². The van der Waals surface area contributed by atoms with E-state index in [0.29, 0.717) is 0 Å². The van der Waals surface area contributed by atoms with Crippen molar-refractivity contribution in [2.75, 3.05) is 5.32 Å². The quantitative estimate of drug-likeness (QED) is 0.445. The summed E-state index contributed by atoms with van der Waals surface area (Å²) in [6.45, 7) is 6.35. The molecule has 0 radical (unpaired) electrons. The summed E-state index contributed by atoms with van der Waals surface area (Å²) in [5.74, 6) is 0.787. The van der Waals surface area contributed by atoms with Gasteiger partial charge in [0.15, 0.2) is 11.5 Å². The molecule has 5 nitrogen and oxygen atoms in total. The van der Waals surface area contributed by atoms with Crippen molar-refractivity contribution in [3.05, 3.63) is 77.5 Å².